The third-order valence-electron chi connectivity index (χ3n) is 4.60. The smallest absolute Gasteiger partial charge is 0.229 e. The first-order valence-electron chi connectivity index (χ1n) is 7.98. The van der Waals surface area contributed by atoms with Crippen molar-refractivity contribution in [1.29, 1.82) is 0 Å². The highest BCUT2D eigenvalue weighted by atomic mass is 16.2. The molecule has 3 heteroatoms. The second-order valence-corrected chi connectivity index (χ2v) is 6.07. The maximum Gasteiger partial charge on any atom is 0.229 e. The van der Waals surface area contributed by atoms with Crippen LogP contribution in [-0.4, -0.2) is 18.5 Å². The fourth-order valence-electron chi connectivity index (χ4n) is 3.42. The Kier molecular flexibility index (Phi) is 4.24. The molecule has 108 valence electrons. The number of carbonyl (C=O) groups is 1. The van der Waals surface area contributed by atoms with Gasteiger partial charge >= 0.3 is 0 Å². The van der Waals surface area contributed by atoms with Gasteiger partial charge in [0.2, 0.25) is 5.91 Å². The largest absolute Gasteiger partial charge is 0.384 e. The summed E-state index contributed by atoms with van der Waals surface area (Å²) in [5.41, 5.74) is 2.26. The molecule has 2 N–H and O–H groups in total. The molecule has 3 rings (SSSR count). The third-order valence-corrected chi connectivity index (χ3v) is 4.60. The lowest BCUT2D eigenvalue weighted by atomic mass is 9.95. The minimum atomic E-state index is -0.0170. The van der Waals surface area contributed by atoms with Crippen LogP contribution in [0.25, 0.3) is 0 Å². The van der Waals surface area contributed by atoms with E-state index >= 15 is 0 Å². The molecule has 2 aliphatic rings. The molecule has 1 aromatic carbocycles. The van der Waals surface area contributed by atoms with Gasteiger partial charge in [0, 0.05) is 18.3 Å². The molecule has 1 aliphatic heterocycles. The van der Waals surface area contributed by atoms with E-state index in [1.165, 1.54) is 32.1 Å². The topological polar surface area (TPSA) is 41.1 Å². The van der Waals surface area contributed by atoms with E-state index in [1.54, 1.807) is 0 Å². The fourth-order valence-corrected chi connectivity index (χ4v) is 3.42. The number of fused-ring (bicyclic) bond motifs is 1. The number of benzene rings is 1. The molecular formula is C17H24N2O. The van der Waals surface area contributed by atoms with Crippen molar-refractivity contribution in [3.05, 3.63) is 29.8 Å². The normalized spacial score (nSPS) is 23.3. The predicted molar refractivity (Wildman–Crippen MR) is 81.9 cm³/mol. The van der Waals surface area contributed by atoms with Crippen molar-refractivity contribution in [1.82, 2.24) is 5.32 Å². The van der Waals surface area contributed by atoms with Crippen LogP contribution in [0.3, 0.4) is 0 Å². The first kappa shape index (κ1) is 13.5. The van der Waals surface area contributed by atoms with Gasteiger partial charge in [-0.25, -0.2) is 0 Å². The summed E-state index contributed by atoms with van der Waals surface area (Å²) in [5, 5.41) is 6.62. The molecule has 3 nitrogen and oxygen atoms in total. The summed E-state index contributed by atoms with van der Waals surface area (Å²) in [4.78, 5) is 12.5. The van der Waals surface area contributed by atoms with Crippen LogP contribution in [-0.2, 0) is 4.79 Å². The summed E-state index contributed by atoms with van der Waals surface area (Å²) in [7, 11) is 0. The van der Waals surface area contributed by atoms with Crippen molar-refractivity contribution in [3.63, 3.8) is 0 Å². The Labute approximate surface area is 121 Å². The van der Waals surface area contributed by atoms with Gasteiger partial charge in [-0.15, -0.1) is 0 Å². The van der Waals surface area contributed by atoms with Gasteiger partial charge in [-0.05, 0) is 24.5 Å². The number of anilines is 1. The second kappa shape index (κ2) is 6.29. The van der Waals surface area contributed by atoms with E-state index < -0.39 is 0 Å². The zero-order valence-corrected chi connectivity index (χ0v) is 12.0. The van der Waals surface area contributed by atoms with Crippen molar-refractivity contribution in [2.45, 2.75) is 56.9 Å². The average Bonchev–Trinajstić information content (AvgIpc) is 2.85. The summed E-state index contributed by atoms with van der Waals surface area (Å²) in [6, 6.07) is 8.54. The van der Waals surface area contributed by atoms with E-state index in [0.717, 1.165) is 30.6 Å². The van der Waals surface area contributed by atoms with Crippen LogP contribution < -0.4 is 10.6 Å². The van der Waals surface area contributed by atoms with Crippen LogP contribution in [0.15, 0.2) is 24.3 Å². The van der Waals surface area contributed by atoms with Gasteiger partial charge in [-0.3, -0.25) is 4.79 Å². The van der Waals surface area contributed by atoms with Crippen molar-refractivity contribution in [3.8, 4) is 0 Å². The van der Waals surface area contributed by atoms with E-state index in [9.17, 15) is 4.79 Å². The predicted octanol–water partition coefficient (Wildman–Crippen LogP) is 3.42. The molecule has 1 atom stereocenters. The molecule has 0 aromatic heterocycles. The van der Waals surface area contributed by atoms with Crippen LogP contribution in [0.2, 0.25) is 0 Å². The zero-order chi connectivity index (χ0) is 13.8. The molecule has 1 fully saturated rings. The van der Waals surface area contributed by atoms with Gasteiger partial charge in [0.05, 0.1) is 5.92 Å². The number of hydrogen-bond donors (Lipinski definition) is 2. The highest BCUT2D eigenvalue weighted by Gasteiger charge is 2.29. The molecule has 0 bridgehead atoms. The maximum absolute atomic E-state index is 12.5. The van der Waals surface area contributed by atoms with Crippen molar-refractivity contribution in [2.75, 3.05) is 11.9 Å². The SMILES string of the molecule is O=C(NC1CCCCCCC1)C1CNc2ccccc21. The molecule has 1 aliphatic carbocycles. The van der Waals surface area contributed by atoms with E-state index in [0.29, 0.717) is 6.04 Å². The van der Waals surface area contributed by atoms with E-state index in [1.807, 2.05) is 12.1 Å². The summed E-state index contributed by atoms with van der Waals surface area (Å²) in [5.74, 6) is 0.185. The summed E-state index contributed by atoms with van der Waals surface area (Å²) >= 11 is 0. The lowest BCUT2D eigenvalue weighted by Crippen LogP contribution is -2.39. The van der Waals surface area contributed by atoms with E-state index in [4.69, 9.17) is 0 Å². The summed E-state index contributed by atoms with van der Waals surface area (Å²) in [6.45, 7) is 0.734. The highest BCUT2D eigenvalue weighted by molar-refractivity contribution is 5.88. The van der Waals surface area contributed by atoms with Crippen LogP contribution in [0, 0.1) is 0 Å². The quantitative estimate of drug-likeness (QED) is 0.866. The minimum absolute atomic E-state index is 0.0170. The number of amides is 1. The van der Waals surface area contributed by atoms with E-state index in [-0.39, 0.29) is 11.8 Å². The molecule has 1 aromatic rings. The average molecular weight is 272 g/mol. The Morgan fingerprint density at radius 1 is 1.05 bits per heavy atom. The Balaban J connectivity index is 1.62. The fraction of sp³-hybridized carbons (Fsp3) is 0.588. The molecule has 0 spiro atoms. The van der Waals surface area contributed by atoms with E-state index in [2.05, 4.69) is 22.8 Å². The van der Waals surface area contributed by atoms with Gasteiger partial charge in [0.25, 0.3) is 0 Å². The first-order valence-corrected chi connectivity index (χ1v) is 7.98. The Morgan fingerprint density at radius 3 is 2.55 bits per heavy atom. The van der Waals surface area contributed by atoms with Crippen LogP contribution in [0.4, 0.5) is 5.69 Å². The van der Waals surface area contributed by atoms with Crippen LogP contribution in [0.5, 0.6) is 0 Å². The lowest BCUT2D eigenvalue weighted by Gasteiger charge is -2.22. The molecule has 1 saturated carbocycles. The molecular weight excluding hydrogens is 248 g/mol. The van der Waals surface area contributed by atoms with Gasteiger partial charge in [-0.1, -0.05) is 50.3 Å². The Bertz CT molecular complexity index is 464. The Morgan fingerprint density at radius 2 is 1.75 bits per heavy atom. The van der Waals surface area contributed by atoms with Crippen molar-refractivity contribution in [2.24, 2.45) is 0 Å². The molecule has 0 saturated heterocycles. The van der Waals surface area contributed by atoms with Gasteiger partial charge in [-0.2, -0.15) is 0 Å². The molecule has 0 radical (unpaired) electrons. The number of nitrogens with one attached hydrogen (secondary N) is 2. The first-order chi connectivity index (χ1) is 9.84. The number of carbonyl (C=O) groups excluding carboxylic acids is 1. The number of para-hydroxylation sites is 1. The number of hydrogen-bond acceptors (Lipinski definition) is 2. The maximum atomic E-state index is 12.5. The lowest BCUT2D eigenvalue weighted by molar-refractivity contribution is -0.123. The molecule has 1 unspecified atom stereocenters. The monoisotopic (exact) mass is 272 g/mol. The zero-order valence-electron chi connectivity index (χ0n) is 12.0. The number of rotatable bonds is 2. The summed E-state index contributed by atoms with van der Waals surface area (Å²) < 4.78 is 0. The van der Waals surface area contributed by atoms with Gasteiger partial charge < -0.3 is 10.6 Å². The van der Waals surface area contributed by atoms with Crippen molar-refractivity contribution < 1.29 is 4.79 Å². The van der Waals surface area contributed by atoms with Crippen molar-refractivity contribution >= 4 is 11.6 Å². The molecule has 20 heavy (non-hydrogen) atoms. The standard InChI is InChI=1S/C17H24N2O/c20-17(19-13-8-4-2-1-3-5-9-13)15-12-18-16-11-7-6-10-14(15)16/h6-7,10-11,13,15,18H,1-5,8-9,12H2,(H,19,20). The molecule has 1 heterocycles. The van der Waals surface area contributed by atoms with Crippen LogP contribution >= 0.6 is 0 Å². The molecule has 1 amide bonds. The van der Waals surface area contributed by atoms with Gasteiger partial charge in [0.1, 0.15) is 0 Å². The van der Waals surface area contributed by atoms with Gasteiger partial charge in [0.15, 0.2) is 0 Å². The summed E-state index contributed by atoms with van der Waals surface area (Å²) in [6.07, 6.45) is 8.80. The third kappa shape index (κ3) is 2.97. The van der Waals surface area contributed by atoms with Crippen LogP contribution in [0.1, 0.15) is 56.4 Å². The second-order valence-electron chi connectivity index (χ2n) is 6.07. The Hall–Kier alpha value is -1.51. The minimum Gasteiger partial charge on any atom is -0.384 e. The highest BCUT2D eigenvalue weighted by Crippen LogP contribution is 2.31.